The average molecular weight is 285 g/mol. The highest BCUT2D eigenvalue weighted by Crippen LogP contribution is 2.25. The minimum Gasteiger partial charge on any atom is -0.326 e. The Morgan fingerprint density at radius 1 is 1.25 bits per heavy atom. The Hall–Kier alpha value is -2.47. The molecule has 0 radical (unpaired) electrons. The lowest BCUT2D eigenvalue weighted by Gasteiger charge is -2.01. The largest absolute Gasteiger partial charge is 0.326 e. The van der Waals surface area contributed by atoms with E-state index < -0.39 is 11.5 Å². The molecule has 20 heavy (non-hydrogen) atoms. The van der Waals surface area contributed by atoms with Gasteiger partial charge >= 0.3 is 0 Å². The number of aromatic nitrogens is 2. The van der Waals surface area contributed by atoms with Gasteiger partial charge in [-0.1, -0.05) is 23.5 Å². The molecule has 0 saturated heterocycles. The van der Waals surface area contributed by atoms with Crippen LogP contribution in [-0.2, 0) is 0 Å². The second kappa shape index (κ2) is 4.90. The fourth-order valence-electron chi connectivity index (χ4n) is 1.84. The number of H-pyrrole nitrogens is 1. The second-order valence-electron chi connectivity index (χ2n) is 4.33. The van der Waals surface area contributed by atoms with Crippen LogP contribution >= 0.6 is 11.3 Å². The summed E-state index contributed by atoms with van der Waals surface area (Å²) in [5.74, 6) is -0.453. The zero-order valence-corrected chi connectivity index (χ0v) is 11.5. The van der Waals surface area contributed by atoms with Crippen molar-refractivity contribution in [1.82, 2.24) is 9.97 Å². The van der Waals surface area contributed by atoms with E-state index in [-0.39, 0.29) is 5.56 Å². The van der Waals surface area contributed by atoms with E-state index in [9.17, 15) is 9.59 Å². The molecule has 3 aromatic rings. The fraction of sp³-hybridized carbons (Fsp3) is 0.0714. The fourth-order valence-corrected chi connectivity index (χ4v) is 2.70. The molecule has 0 atom stereocenters. The number of amides is 1. The second-order valence-corrected chi connectivity index (χ2v) is 5.36. The minimum absolute atomic E-state index is 0.0786. The first-order valence-electron chi connectivity index (χ1n) is 6.00. The summed E-state index contributed by atoms with van der Waals surface area (Å²) in [6, 6.07) is 10.8. The summed E-state index contributed by atoms with van der Waals surface area (Å²) in [4.78, 5) is 30.7. The molecule has 6 heteroatoms. The number of nitrogens with zero attached hydrogens (tertiary/aromatic N) is 1. The van der Waals surface area contributed by atoms with E-state index in [1.165, 1.54) is 17.4 Å². The standard InChI is InChI=1S/C14H11N3O2S/c1-8-6-7-9(12(18)15-8)13(19)17-14-16-10-4-2-3-5-11(10)20-14/h2-7H,1H3,(H,15,18)(H,16,17,19). The predicted octanol–water partition coefficient (Wildman–Crippen LogP) is 2.55. The monoisotopic (exact) mass is 285 g/mol. The smallest absolute Gasteiger partial charge is 0.263 e. The third-order valence-corrected chi connectivity index (χ3v) is 3.77. The van der Waals surface area contributed by atoms with Crippen molar-refractivity contribution in [3.63, 3.8) is 0 Å². The Labute approximate surface area is 118 Å². The van der Waals surface area contributed by atoms with Crippen LogP contribution in [-0.4, -0.2) is 15.9 Å². The number of rotatable bonds is 2. The van der Waals surface area contributed by atoms with Crippen LogP contribution in [0.1, 0.15) is 16.1 Å². The number of anilines is 1. The molecule has 100 valence electrons. The first-order chi connectivity index (χ1) is 9.63. The molecular formula is C14H11N3O2S. The number of fused-ring (bicyclic) bond motifs is 1. The van der Waals surface area contributed by atoms with Crippen molar-refractivity contribution in [3.05, 3.63) is 58.0 Å². The van der Waals surface area contributed by atoms with Crippen molar-refractivity contribution < 1.29 is 4.79 Å². The van der Waals surface area contributed by atoms with Crippen LogP contribution in [0.25, 0.3) is 10.2 Å². The SMILES string of the molecule is Cc1ccc(C(=O)Nc2nc3ccccc3s2)c(=O)[nH]1. The maximum Gasteiger partial charge on any atom is 0.263 e. The Morgan fingerprint density at radius 2 is 2.05 bits per heavy atom. The maximum atomic E-state index is 12.1. The number of hydrogen-bond acceptors (Lipinski definition) is 4. The van der Waals surface area contributed by atoms with Crippen molar-refractivity contribution in [3.8, 4) is 0 Å². The van der Waals surface area contributed by atoms with E-state index in [1.807, 2.05) is 24.3 Å². The van der Waals surface area contributed by atoms with Crippen LogP contribution in [0.4, 0.5) is 5.13 Å². The highest BCUT2D eigenvalue weighted by atomic mass is 32.1. The quantitative estimate of drug-likeness (QED) is 0.759. The van der Waals surface area contributed by atoms with Gasteiger partial charge in [-0.15, -0.1) is 0 Å². The number of nitrogens with one attached hydrogen (secondary N) is 2. The molecule has 2 N–H and O–H groups in total. The zero-order valence-electron chi connectivity index (χ0n) is 10.6. The number of para-hydroxylation sites is 1. The van der Waals surface area contributed by atoms with Crippen LogP contribution in [0.2, 0.25) is 0 Å². The number of aromatic amines is 1. The molecule has 2 aromatic heterocycles. The van der Waals surface area contributed by atoms with E-state index in [4.69, 9.17) is 0 Å². The summed E-state index contributed by atoms with van der Waals surface area (Å²) in [5, 5.41) is 3.14. The van der Waals surface area contributed by atoms with Gasteiger partial charge in [0, 0.05) is 5.69 Å². The molecule has 1 aromatic carbocycles. The molecule has 0 aliphatic rings. The van der Waals surface area contributed by atoms with Crippen molar-refractivity contribution in [1.29, 1.82) is 0 Å². The number of pyridine rings is 1. The Morgan fingerprint density at radius 3 is 2.80 bits per heavy atom. The Balaban J connectivity index is 1.90. The molecule has 0 bridgehead atoms. The molecule has 1 amide bonds. The molecule has 0 spiro atoms. The van der Waals surface area contributed by atoms with Crippen LogP contribution in [0, 0.1) is 6.92 Å². The molecule has 0 unspecified atom stereocenters. The van der Waals surface area contributed by atoms with Crippen LogP contribution < -0.4 is 10.9 Å². The Kier molecular flexibility index (Phi) is 3.08. The van der Waals surface area contributed by atoms with E-state index in [0.717, 1.165) is 10.2 Å². The molecule has 5 nitrogen and oxygen atoms in total. The van der Waals surface area contributed by atoms with E-state index >= 15 is 0 Å². The summed E-state index contributed by atoms with van der Waals surface area (Å²) >= 11 is 1.37. The van der Waals surface area contributed by atoms with Gasteiger partial charge < -0.3 is 4.98 Å². The van der Waals surface area contributed by atoms with Crippen molar-refractivity contribution in [2.75, 3.05) is 5.32 Å². The molecule has 0 saturated carbocycles. The number of carbonyl (C=O) groups excluding carboxylic acids is 1. The highest BCUT2D eigenvalue weighted by molar-refractivity contribution is 7.22. The van der Waals surface area contributed by atoms with Gasteiger partial charge in [0.05, 0.1) is 10.2 Å². The normalized spacial score (nSPS) is 10.7. The molecule has 2 heterocycles. The van der Waals surface area contributed by atoms with E-state index in [2.05, 4.69) is 15.3 Å². The van der Waals surface area contributed by atoms with Gasteiger partial charge in [-0.2, -0.15) is 0 Å². The van der Waals surface area contributed by atoms with Crippen molar-refractivity contribution >= 4 is 32.6 Å². The number of thiazole rings is 1. The van der Waals surface area contributed by atoms with Gasteiger partial charge in [0.1, 0.15) is 5.56 Å². The minimum atomic E-state index is -0.453. The summed E-state index contributed by atoms with van der Waals surface area (Å²) in [7, 11) is 0. The molecule has 0 fully saturated rings. The number of carbonyl (C=O) groups is 1. The number of hydrogen-bond donors (Lipinski definition) is 2. The average Bonchev–Trinajstić information content (AvgIpc) is 2.80. The lowest BCUT2D eigenvalue weighted by molar-refractivity contribution is 0.102. The van der Waals surface area contributed by atoms with E-state index in [0.29, 0.717) is 10.8 Å². The molecular weight excluding hydrogens is 274 g/mol. The van der Waals surface area contributed by atoms with E-state index in [1.54, 1.807) is 13.0 Å². The summed E-state index contributed by atoms with van der Waals surface area (Å²) in [6.45, 7) is 1.76. The highest BCUT2D eigenvalue weighted by Gasteiger charge is 2.12. The van der Waals surface area contributed by atoms with Gasteiger partial charge in [0.2, 0.25) is 0 Å². The topological polar surface area (TPSA) is 74.8 Å². The number of aryl methyl sites for hydroxylation is 1. The van der Waals surface area contributed by atoms with Gasteiger partial charge in [-0.25, -0.2) is 4.98 Å². The van der Waals surface area contributed by atoms with Crippen LogP contribution in [0.3, 0.4) is 0 Å². The molecule has 0 aliphatic carbocycles. The van der Waals surface area contributed by atoms with Gasteiger partial charge in [0.25, 0.3) is 11.5 Å². The first kappa shape index (κ1) is 12.6. The van der Waals surface area contributed by atoms with Crippen LogP contribution in [0.5, 0.6) is 0 Å². The summed E-state index contributed by atoms with van der Waals surface area (Å²) in [6.07, 6.45) is 0. The third-order valence-electron chi connectivity index (χ3n) is 2.81. The van der Waals surface area contributed by atoms with Gasteiger partial charge in [-0.05, 0) is 31.2 Å². The van der Waals surface area contributed by atoms with Crippen molar-refractivity contribution in [2.45, 2.75) is 6.92 Å². The molecule has 0 aliphatic heterocycles. The van der Waals surface area contributed by atoms with Gasteiger partial charge in [-0.3, -0.25) is 14.9 Å². The lowest BCUT2D eigenvalue weighted by atomic mass is 10.2. The zero-order chi connectivity index (χ0) is 14.1. The summed E-state index contributed by atoms with van der Waals surface area (Å²) in [5.41, 5.74) is 1.22. The van der Waals surface area contributed by atoms with Crippen LogP contribution in [0.15, 0.2) is 41.2 Å². The predicted molar refractivity (Wildman–Crippen MR) is 79.4 cm³/mol. The van der Waals surface area contributed by atoms with Crippen molar-refractivity contribution in [2.24, 2.45) is 0 Å². The Bertz CT molecular complexity index is 818. The maximum absolute atomic E-state index is 12.1. The third kappa shape index (κ3) is 2.33. The van der Waals surface area contributed by atoms with Gasteiger partial charge in [0.15, 0.2) is 5.13 Å². The molecule has 3 rings (SSSR count). The summed E-state index contributed by atoms with van der Waals surface area (Å²) < 4.78 is 0.987. The first-order valence-corrected chi connectivity index (χ1v) is 6.82. The lowest BCUT2D eigenvalue weighted by Crippen LogP contribution is -2.23. The number of benzene rings is 1.